The van der Waals surface area contributed by atoms with Gasteiger partial charge in [0.25, 0.3) is 5.69 Å². The largest absolute Gasteiger partial charge is 0.480 e. The molecule has 2 rings (SSSR count). The molecule has 0 radical (unpaired) electrons. The highest BCUT2D eigenvalue weighted by molar-refractivity contribution is 5.82. The number of benzene rings is 1. The first-order valence-corrected chi connectivity index (χ1v) is 7.47. The predicted molar refractivity (Wildman–Crippen MR) is 83.2 cm³/mol. The minimum Gasteiger partial charge on any atom is -0.480 e. The Morgan fingerprint density at radius 3 is 2.48 bits per heavy atom. The summed E-state index contributed by atoms with van der Waals surface area (Å²) in [5, 5.41) is 22.5. The van der Waals surface area contributed by atoms with Gasteiger partial charge in [0.2, 0.25) is 5.91 Å². The fourth-order valence-corrected chi connectivity index (χ4v) is 2.27. The van der Waals surface area contributed by atoms with E-state index in [0.29, 0.717) is 13.0 Å². The van der Waals surface area contributed by atoms with Gasteiger partial charge in [-0.3, -0.25) is 19.7 Å². The molecule has 23 heavy (non-hydrogen) atoms. The molecule has 1 amide bonds. The molecular formula is C15H19N3O5. The minimum atomic E-state index is -0.991. The number of nitro groups is 1. The number of nitrogens with one attached hydrogen (secondary N) is 1. The van der Waals surface area contributed by atoms with Crippen molar-refractivity contribution in [1.82, 2.24) is 4.90 Å². The summed E-state index contributed by atoms with van der Waals surface area (Å²) in [7, 11) is 0. The summed E-state index contributed by atoms with van der Waals surface area (Å²) < 4.78 is 0. The Balaban J connectivity index is 1.72. The lowest BCUT2D eigenvalue weighted by Gasteiger charge is -2.20. The number of carbonyl (C=O) groups is 2. The molecule has 0 saturated heterocycles. The number of non-ortho nitro benzene ring substituents is 1. The molecule has 1 aliphatic carbocycles. The van der Waals surface area contributed by atoms with Gasteiger partial charge < -0.3 is 15.3 Å². The van der Waals surface area contributed by atoms with Gasteiger partial charge in [0, 0.05) is 36.8 Å². The summed E-state index contributed by atoms with van der Waals surface area (Å²) in [6, 6.07) is 6.13. The van der Waals surface area contributed by atoms with Crippen molar-refractivity contribution in [2.24, 2.45) is 0 Å². The molecule has 2 N–H and O–H groups in total. The van der Waals surface area contributed by atoms with E-state index in [4.69, 9.17) is 5.11 Å². The molecule has 0 atom stereocenters. The van der Waals surface area contributed by atoms with Crippen LogP contribution >= 0.6 is 0 Å². The Morgan fingerprint density at radius 2 is 1.96 bits per heavy atom. The molecule has 0 spiro atoms. The Labute approximate surface area is 133 Å². The van der Waals surface area contributed by atoms with E-state index in [1.807, 2.05) is 0 Å². The zero-order valence-corrected chi connectivity index (χ0v) is 12.6. The number of amides is 1. The highest BCUT2D eigenvalue weighted by Gasteiger charge is 2.33. The summed E-state index contributed by atoms with van der Waals surface area (Å²) in [6.07, 6.45) is 2.60. The number of carbonyl (C=O) groups excluding carboxylic acids is 1. The van der Waals surface area contributed by atoms with Crippen LogP contribution in [-0.2, 0) is 9.59 Å². The summed E-state index contributed by atoms with van der Waals surface area (Å²) in [5.41, 5.74) is 0.770. The second-order valence-electron chi connectivity index (χ2n) is 5.48. The van der Waals surface area contributed by atoms with Crippen molar-refractivity contribution < 1.29 is 19.6 Å². The number of aliphatic carboxylic acids is 1. The predicted octanol–water partition coefficient (Wildman–Crippen LogP) is 1.86. The molecule has 124 valence electrons. The van der Waals surface area contributed by atoms with Crippen LogP contribution < -0.4 is 5.32 Å². The molecule has 0 unspecified atom stereocenters. The van der Waals surface area contributed by atoms with Crippen molar-refractivity contribution in [3.8, 4) is 0 Å². The number of nitrogens with zero attached hydrogens (tertiary/aromatic N) is 2. The quantitative estimate of drug-likeness (QED) is 0.408. The van der Waals surface area contributed by atoms with E-state index >= 15 is 0 Å². The number of rotatable bonds is 9. The van der Waals surface area contributed by atoms with Gasteiger partial charge in [-0.25, -0.2) is 0 Å². The molecular weight excluding hydrogens is 302 g/mol. The highest BCUT2D eigenvalue weighted by atomic mass is 16.6. The Morgan fingerprint density at radius 1 is 1.30 bits per heavy atom. The van der Waals surface area contributed by atoms with Gasteiger partial charge in [0.15, 0.2) is 0 Å². The Kier molecular flexibility index (Phi) is 5.51. The monoisotopic (exact) mass is 321 g/mol. The van der Waals surface area contributed by atoms with Crippen LogP contribution in [0.3, 0.4) is 0 Å². The van der Waals surface area contributed by atoms with Gasteiger partial charge in [-0.1, -0.05) is 0 Å². The van der Waals surface area contributed by atoms with Crippen molar-refractivity contribution in [3.63, 3.8) is 0 Å². The minimum absolute atomic E-state index is 0.0273. The fraction of sp³-hybridized carbons (Fsp3) is 0.467. The first-order chi connectivity index (χ1) is 11.0. The average Bonchev–Trinajstić information content (AvgIpc) is 3.34. The van der Waals surface area contributed by atoms with Crippen molar-refractivity contribution in [2.45, 2.75) is 31.7 Å². The van der Waals surface area contributed by atoms with Gasteiger partial charge in [0.1, 0.15) is 6.54 Å². The van der Waals surface area contributed by atoms with Crippen LogP contribution in [0.2, 0.25) is 0 Å². The van der Waals surface area contributed by atoms with Crippen molar-refractivity contribution >= 4 is 23.3 Å². The van der Waals surface area contributed by atoms with Crippen LogP contribution in [-0.4, -0.2) is 45.9 Å². The zero-order chi connectivity index (χ0) is 16.8. The van der Waals surface area contributed by atoms with E-state index in [2.05, 4.69) is 5.32 Å². The second-order valence-corrected chi connectivity index (χ2v) is 5.48. The maximum atomic E-state index is 12.1. The fourth-order valence-electron chi connectivity index (χ4n) is 2.27. The SMILES string of the molecule is O=C(O)CN(C(=O)CCCNc1ccc([N+](=O)[O-])cc1)C1CC1. The topological polar surface area (TPSA) is 113 Å². The van der Waals surface area contributed by atoms with E-state index < -0.39 is 10.9 Å². The van der Waals surface area contributed by atoms with Crippen molar-refractivity contribution in [2.75, 3.05) is 18.4 Å². The van der Waals surface area contributed by atoms with Gasteiger partial charge >= 0.3 is 5.97 Å². The average molecular weight is 321 g/mol. The van der Waals surface area contributed by atoms with Crippen LogP contribution in [0.5, 0.6) is 0 Å². The first kappa shape index (κ1) is 16.7. The van der Waals surface area contributed by atoms with Crippen LogP contribution in [0, 0.1) is 10.1 Å². The number of carboxylic acid groups (broad SMARTS) is 1. The van der Waals surface area contributed by atoms with E-state index in [-0.39, 0.29) is 30.6 Å². The molecule has 1 aromatic rings. The van der Waals surface area contributed by atoms with Crippen LogP contribution in [0.25, 0.3) is 0 Å². The molecule has 0 bridgehead atoms. The van der Waals surface area contributed by atoms with Gasteiger partial charge in [-0.2, -0.15) is 0 Å². The number of hydrogen-bond donors (Lipinski definition) is 2. The lowest BCUT2D eigenvalue weighted by Crippen LogP contribution is -2.37. The lowest BCUT2D eigenvalue weighted by molar-refractivity contribution is -0.384. The third-order valence-corrected chi connectivity index (χ3v) is 3.59. The van der Waals surface area contributed by atoms with Crippen molar-refractivity contribution in [1.29, 1.82) is 0 Å². The maximum absolute atomic E-state index is 12.1. The number of nitro benzene ring substituents is 1. The van der Waals surface area contributed by atoms with Crippen LogP contribution in [0.1, 0.15) is 25.7 Å². The van der Waals surface area contributed by atoms with E-state index in [0.717, 1.165) is 18.5 Å². The summed E-state index contributed by atoms with van der Waals surface area (Å²) in [6.45, 7) is 0.300. The molecule has 0 aromatic heterocycles. The van der Waals surface area contributed by atoms with Gasteiger partial charge in [-0.05, 0) is 31.4 Å². The van der Waals surface area contributed by atoms with E-state index in [9.17, 15) is 19.7 Å². The molecule has 0 heterocycles. The third-order valence-electron chi connectivity index (χ3n) is 3.59. The number of hydrogen-bond acceptors (Lipinski definition) is 5. The summed E-state index contributed by atoms with van der Waals surface area (Å²) in [4.78, 5) is 34.4. The third kappa shape index (κ3) is 5.24. The molecule has 1 aromatic carbocycles. The number of carboxylic acids is 1. The molecule has 8 nitrogen and oxygen atoms in total. The summed E-state index contributed by atoms with van der Waals surface area (Å²) in [5.74, 6) is -1.13. The molecule has 0 aliphatic heterocycles. The summed E-state index contributed by atoms with van der Waals surface area (Å²) >= 11 is 0. The second kappa shape index (κ2) is 7.57. The lowest BCUT2D eigenvalue weighted by atomic mass is 10.2. The smallest absolute Gasteiger partial charge is 0.323 e. The van der Waals surface area contributed by atoms with Gasteiger partial charge in [0.05, 0.1) is 4.92 Å². The zero-order valence-electron chi connectivity index (χ0n) is 12.6. The normalized spacial score (nSPS) is 13.4. The molecule has 8 heteroatoms. The molecule has 1 saturated carbocycles. The molecule has 1 aliphatic rings. The van der Waals surface area contributed by atoms with E-state index in [1.165, 1.54) is 17.0 Å². The molecule has 1 fully saturated rings. The van der Waals surface area contributed by atoms with Crippen LogP contribution in [0.4, 0.5) is 11.4 Å². The Bertz CT molecular complexity index is 583. The van der Waals surface area contributed by atoms with Gasteiger partial charge in [-0.15, -0.1) is 0 Å². The highest BCUT2D eigenvalue weighted by Crippen LogP contribution is 2.27. The van der Waals surface area contributed by atoms with E-state index in [1.54, 1.807) is 12.1 Å². The maximum Gasteiger partial charge on any atom is 0.323 e. The standard InChI is InChI=1S/C15H19N3O5/c19-14(17(10-15(20)21)12-7-8-12)2-1-9-16-11-3-5-13(6-4-11)18(22)23/h3-6,12,16H,1-2,7-10H2,(H,20,21). The van der Waals surface area contributed by atoms with Crippen molar-refractivity contribution in [3.05, 3.63) is 34.4 Å². The first-order valence-electron chi connectivity index (χ1n) is 7.47. The number of anilines is 1. The van der Waals surface area contributed by atoms with Crippen LogP contribution in [0.15, 0.2) is 24.3 Å². The Hall–Kier alpha value is -2.64.